The van der Waals surface area contributed by atoms with E-state index in [0.29, 0.717) is 17.8 Å². The van der Waals surface area contributed by atoms with Crippen molar-refractivity contribution in [3.63, 3.8) is 0 Å². The van der Waals surface area contributed by atoms with Crippen molar-refractivity contribution in [2.45, 2.75) is 6.54 Å². The van der Waals surface area contributed by atoms with Crippen LogP contribution >= 0.6 is 15.9 Å². The monoisotopic (exact) mass is 326 g/mol. The average molecular weight is 327 g/mol. The number of nitrogens with two attached hydrogens (primary N) is 1. The number of benzene rings is 2. The summed E-state index contributed by atoms with van der Waals surface area (Å²) in [5, 5.41) is 0. The fraction of sp³-hybridized carbons (Fsp3) is 0.143. The largest absolute Gasteiger partial charge is 0.397 e. The maximum absolute atomic E-state index is 13.1. The lowest BCUT2D eigenvalue weighted by Crippen LogP contribution is -2.18. The Labute approximate surface area is 119 Å². The maximum Gasteiger partial charge on any atom is 0.126 e. The summed E-state index contributed by atoms with van der Waals surface area (Å²) in [6.45, 7) is 0.376. The number of nitrogens with zero attached hydrogens (tertiary/aromatic N) is 1. The molecule has 100 valence electrons. The van der Waals surface area contributed by atoms with E-state index in [1.807, 2.05) is 24.1 Å². The van der Waals surface area contributed by atoms with Crippen molar-refractivity contribution in [3.8, 4) is 0 Å². The SMILES string of the molecule is CN(Cc1cc(F)cc(F)c1)c1ccc(Br)cc1N. The molecule has 0 radical (unpaired) electrons. The molecule has 0 unspecified atom stereocenters. The molecular formula is C14H13BrF2N2. The van der Waals surface area contributed by atoms with Crippen LogP contribution in [0.5, 0.6) is 0 Å². The second kappa shape index (κ2) is 5.57. The van der Waals surface area contributed by atoms with Gasteiger partial charge in [-0.15, -0.1) is 0 Å². The van der Waals surface area contributed by atoms with E-state index < -0.39 is 11.6 Å². The predicted octanol–water partition coefficient (Wildman–Crippen LogP) is 3.95. The first-order chi connectivity index (χ1) is 8.95. The van der Waals surface area contributed by atoms with E-state index in [1.54, 1.807) is 6.07 Å². The second-order valence-corrected chi connectivity index (χ2v) is 5.25. The fourth-order valence-corrected chi connectivity index (χ4v) is 2.31. The highest BCUT2D eigenvalue weighted by Gasteiger charge is 2.08. The molecule has 0 fully saturated rings. The minimum atomic E-state index is -0.577. The second-order valence-electron chi connectivity index (χ2n) is 4.34. The molecule has 0 saturated carbocycles. The highest BCUT2D eigenvalue weighted by molar-refractivity contribution is 9.10. The molecule has 19 heavy (non-hydrogen) atoms. The molecule has 2 aromatic carbocycles. The summed E-state index contributed by atoms with van der Waals surface area (Å²) in [4.78, 5) is 1.84. The van der Waals surface area contributed by atoms with Gasteiger partial charge in [0.25, 0.3) is 0 Å². The van der Waals surface area contributed by atoms with Gasteiger partial charge in [-0.3, -0.25) is 0 Å². The zero-order chi connectivity index (χ0) is 14.0. The Morgan fingerprint density at radius 1 is 1.11 bits per heavy atom. The standard InChI is InChI=1S/C14H13BrF2N2/c1-19(14-3-2-10(15)6-13(14)18)8-9-4-11(16)7-12(17)5-9/h2-7H,8,18H2,1H3. The van der Waals surface area contributed by atoms with Crippen LogP contribution in [0.4, 0.5) is 20.2 Å². The van der Waals surface area contributed by atoms with Crippen molar-refractivity contribution >= 4 is 27.3 Å². The highest BCUT2D eigenvalue weighted by atomic mass is 79.9. The maximum atomic E-state index is 13.1. The Morgan fingerprint density at radius 2 is 1.74 bits per heavy atom. The van der Waals surface area contributed by atoms with Crippen LogP contribution in [0, 0.1) is 11.6 Å². The third-order valence-corrected chi connectivity index (χ3v) is 3.24. The Kier molecular flexibility index (Phi) is 4.04. The lowest BCUT2D eigenvalue weighted by Gasteiger charge is -2.21. The lowest BCUT2D eigenvalue weighted by atomic mass is 10.2. The summed E-state index contributed by atoms with van der Waals surface area (Å²) in [6.07, 6.45) is 0. The van der Waals surface area contributed by atoms with Gasteiger partial charge in [-0.05, 0) is 35.9 Å². The van der Waals surface area contributed by atoms with E-state index >= 15 is 0 Å². The Bertz CT molecular complexity index is 582. The fourth-order valence-electron chi connectivity index (χ4n) is 1.93. The van der Waals surface area contributed by atoms with Gasteiger partial charge in [0, 0.05) is 24.1 Å². The van der Waals surface area contributed by atoms with Gasteiger partial charge in [0.2, 0.25) is 0 Å². The highest BCUT2D eigenvalue weighted by Crippen LogP contribution is 2.27. The zero-order valence-electron chi connectivity index (χ0n) is 10.3. The summed E-state index contributed by atoms with van der Waals surface area (Å²) in [5.74, 6) is -1.15. The molecule has 0 aliphatic rings. The third-order valence-electron chi connectivity index (χ3n) is 2.74. The molecule has 0 saturated heterocycles. The van der Waals surface area contributed by atoms with E-state index in [9.17, 15) is 8.78 Å². The molecule has 5 heteroatoms. The topological polar surface area (TPSA) is 29.3 Å². The van der Waals surface area contributed by atoms with Crippen LogP contribution in [0.1, 0.15) is 5.56 Å². The van der Waals surface area contributed by atoms with Crippen LogP contribution in [0.2, 0.25) is 0 Å². The average Bonchev–Trinajstić information content (AvgIpc) is 2.26. The molecule has 0 amide bonds. The van der Waals surface area contributed by atoms with Crippen molar-refractivity contribution in [2.24, 2.45) is 0 Å². The summed E-state index contributed by atoms with van der Waals surface area (Å²) in [5.41, 5.74) is 7.89. The number of anilines is 2. The minimum absolute atomic E-state index is 0.376. The number of rotatable bonds is 3. The Hall–Kier alpha value is -1.62. The first-order valence-corrected chi connectivity index (χ1v) is 6.46. The van der Waals surface area contributed by atoms with Crippen LogP contribution < -0.4 is 10.6 Å². The molecule has 0 aliphatic carbocycles. The zero-order valence-corrected chi connectivity index (χ0v) is 11.9. The van der Waals surface area contributed by atoms with Gasteiger partial charge < -0.3 is 10.6 Å². The van der Waals surface area contributed by atoms with E-state index in [-0.39, 0.29) is 0 Å². The van der Waals surface area contributed by atoms with E-state index in [2.05, 4.69) is 15.9 Å². The smallest absolute Gasteiger partial charge is 0.126 e. The van der Waals surface area contributed by atoms with Crippen LogP contribution in [0.25, 0.3) is 0 Å². The number of hydrogen-bond donors (Lipinski definition) is 1. The van der Waals surface area contributed by atoms with Crippen LogP contribution in [-0.4, -0.2) is 7.05 Å². The number of halogens is 3. The van der Waals surface area contributed by atoms with Gasteiger partial charge >= 0.3 is 0 Å². The van der Waals surface area contributed by atoms with Gasteiger partial charge in [0.15, 0.2) is 0 Å². The lowest BCUT2D eigenvalue weighted by molar-refractivity contribution is 0.579. The van der Waals surface area contributed by atoms with Crippen LogP contribution in [-0.2, 0) is 6.54 Å². The normalized spacial score (nSPS) is 10.5. The summed E-state index contributed by atoms with van der Waals surface area (Å²) in [7, 11) is 1.82. The third kappa shape index (κ3) is 3.44. The molecular weight excluding hydrogens is 314 g/mol. The molecule has 0 aliphatic heterocycles. The van der Waals surface area contributed by atoms with Gasteiger partial charge in [0.05, 0.1) is 11.4 Å². The van der Waals surface area contributed by atoms with Gasteiger partial charge in [0.1, 0.15) is 11.6 Å². The van der Waals surface area contributed by atoms with Crippen LogP contribution in [0.15, 0.2) is 40.9 Å². The Morgan fingerprint density at radius 3 is 2.32 bits per heavy atom. The van der Waals surface area contributed by atoms with E-state index in [0.717, 1.165) is 16.2 Å². The number of hydrogen-bond acceptors (Lipinski definition) is 2. The first kappa shape index (κ1) is 13.8. The molecule has 0 heterocycles. The van der Waals surface area contributed by atoms with Crippen molar-refractivity contribution < 1.29 is 8.78 Å². The van der Waals surface area contributed by atoms with Gasteiger partial charge in [-0.1, -0.05) is 15.9 Å². The molecule has 0 aromatic heterocycles. The molecule has 2 nitrogen and oxygen atoms in total. The molecule has 0 bridgehead atoms. The minimum Gasteiger partial charge on any atom is -0.397 e. The van der Waals surface area contributed by atoms with Crippen molar-refractivity contribution in [2.75, 3.05) is 17.7 Å². The molecule has 2 N–H and O–H groups in total. The molecule has 2 rings (SSSR count). The quantitative estimate of drug-likeness (QED) is 0.865. The van der Waals surface area contributed by atoms with Gasteiger partial charge in [-0.25, -0.2) is 8.78 Å². The Balaban J connectivity index is 2.22. The van der Waals surface area contributed by atoms with Crippen molar-refractivity contribution in [1.29, 1.82) is 0 Å². The summed E-state index contributed by atoms with van der Waals surface area (Å²) < 4.78 is 27.1. The van der Waals surface area contributed by atoms with Crippen molar-refractivity contribution in [3.05, 3.63) is 58.1 Å². The van der Waals surface area contributed by atoms with E-state index in [1.165, 1.54) is 12.1 Å². The molecule has 2 aromatic rings. The predicted molar refractivity (Wildman–Crippen MR) is 77.0 cm³/mol. The number of nitrogen functional groups attached to an aromatic ring is 1. The first-order valence-electron chi connectivity index (χ1n) is 5.67. The van der Waals surface area contributed by atoms with Gasteiger partial charge in [-0.2, -0.15) is 0 Å². The van der Waals surface area contributed by atoms with Crippen LogP contribution in [0.3, 0.4) is 0 Å². The van der Waals surface area contributed by atoms with Crippen molar-refractivity contribution in [1.82, 2.24) is 0 Å². The summed E-state index contributed by atoms with van der Waals surface area (Å²) >= 11 is 3.33. The molecule has 0 atom stereocenters. The molecule has 0 spiro atoms. The van der Waals surface area contributed by atoms with E-state index in [4.69, 9.17) is 5.73 Å². The summed E-state index contributed by atoms with van der Waals surface area (Å²) in [6, 6.07) is 9.00.